The van der Waals surface area contributed by atoms with Crippen LogP contribution in [0.5, 0.6) is 0 Å². The molecular weight excluding hydrogens is 197 g/mol. The minimum absolute atomic E-state index is 0.200. The van der Waals surface area contributed by atoms with Crippen LogP contribution in [0.3, 0.4) is 0 Å². The van der Waals surface area contributed by atoms with Crippen molar-refractivity contribution in [1.29, 1.82) is 0 Å². The van der Waals surface area contributed by atoms with Crippen LogP contribution in [0.25, 0.3) is 0 Å². The van der Waals surface area contributed by atoms with Gasteiger partial charge in [-0.2, -0.15) is 0 Å². The van der Waals surface area contributed by atoms with E-state index in [-0.39, 0.29) is 6.42 Å². The van der Waals surface area contributed by atoms with E-state index in [0.29, 0.717) is 21.3 Å². The summed E-state index contributed by atoms with van der Waals surface area (Å²) in [5, 5.41) is 0.903. The van der Waals surface area contributed by atoms with Crippen LogP contribution in [-0.4, -0.2) is 6.29 Å². The molecule has 0 fully saturated rings. The third-order valence-electron chi connectivity index (χ3n) is 1.53. The first-order valence-corrected chi connectivity index (χ1v) is 4.08. The van der Waals surface area contributed by atoms with Gasteiger partial charge in [0, 0.05) is 17.0 Å². The summed E-state index contributed by atoms with van der Waals surface area (Å²) in [5.41, 5.74) is 6.58. The molecule has 1 aromatic rings. The van der Waals surface area contributed by atoms with Gasteiger partial charge in [0.1, 0.15) is 6.29 Å². The summed E-state index contributed by atoms with van der Waals surface area (Å²) < 4.78 is 0. The first kappa shape index (κ1) is 9.36. The molecule has 0 amide bonds. The fourth-order valence-corrected chi connectivity index (χ4v) is 1.32. The molecule has 0 aliphatic rings. The fraction of sp³-hybridized carbons (Fsp3) is 0.125. The van der Waals surface area contributed by atoms with Crippen LogP contribution in [-0.2, 0) is 11.2 Å². The highest BCUT2D eigenvalue weighted by atomic mass is 35.5. The van der Waals surface area contributed by atoms with Gasteiger partial charge in [0.05, 0.1) is 10.7 Å². The summed E-state index contributed by atoms with van der Waals surface area (Å²) in [5.74, 6) is 0. The average molecular weight is 204 g/mol. The smallest absolute Gasteiger partial charge is 0.124 e. The van der Waals surface area contributed by atoms with Gasteiger partial charge in [-0.15, -0.1) is 0 Å². The zero-order valence-corrected chi connectivity index (χ0v) is 7.69. The van der Waals surface area contributed by atoms with Crippen LogP contribution in [0.1, 0.15) is 5.56 Å². The molecule has 0 bridgehead atoms. The summed E-state index contributed by atoms with van der Waals surface area (Å²) in [6.07, 6.45) is 0.944. The SMILES string of the molecule is Nc1c(Cl)ccc(Cl)c1CC=O. The molecule has 2 N–H and O–H groups in total. The Morgan fingerprint density at radius 2 is 1.92 bits per heavy atom. The van der Waals surface area contributed by atoms with E-state index in [9.17, 15) is 4.79 Å². The number of hydrogen-bond donors (Lipinski definition) is 1. The molecule has 0 aromatic heterocycles. The normalized spacial score (nSPS) is 9.83. The Hall–Kier alpha value is -0.730. The lowest BCUT2D eigenvalue weighted by Crippen LogP contribution is -1.97. The maximum atomic E-state index is 10.2. The second-order valence-electron chi connectivity index (χ2n) is 2.29. The molecule has 2 nitrogen and oxygen atoms in total. The van der Waals surface area contributed by atoms with Gasteiger partial charge in [-0.1, -0.05) is 23.2 Å². The number of halogens is 2. The van der Waals surface area contributed by atoms with E-state index >= 15 is 0 Å². The third-order valence-corrected chi connectivity index (χ3v) is 2.22. The van der Waals surface area contributed by atoms with Crippen molar-refractivity contribution in [3.8, 4) is 0 Å². The lowest BCUT2D eigenvalue weighted by atomic mass is 10.1. The van der Waals surface area contributed by atoms with Crippen LogP contribution < -0.4 is 5.73 Å². The van der Waals surface area contributed by atoms with Crippen LogP contribution in [0.15, 0.2) is 12.1 Å². The number of carbonyl (C=O) groups excluding carboxylic acids is 1. The van der Waals surface area contributed by atoms with Crippen LogP contribution in [0.2, 0.25) is 10.0 Å². The second kappa shape index (κ2) is 3.78. The molecule has 0 heterocycles. The Labute approximate surface area is 80.3 Å². The average Bonchev–Trinajstić information content (AvgIpc) is 2.06. The molecule has 0 saturated heterocycles. The van der Waals surface area contributed by atoms with E-state index < -0.39 is 0 Å². The zero-order valence-electron chi connectivity index (χ0n) is 6.18. The maximum absolute atomic E-state index is 10.2. The van der Waals surface area contributed by atoms with Crippen molar-refractivity contribution in [1.82, 2.24) is 0 Å². The highest BCUT2D eigenvalue weighted by molar-refractivity contribution is 6.36. The largest absolute Gasteiger partial charge is 0.397 e. The van der Waals surface area contributed by atoms with E-state index in [2.05, 4.69) is 0 Å². The van der Waals surface area contributed by atoms with Gasteiger partial charge in [-0.05, 0) is 12.1 Å². The maximum Gasteiger partial charge on any atom is 0.124 e. The topological polar surface area (TPSA) is 43.1 Å². The van der Waals surface area contributed by atoms with Gasteiger partial charge in [0.15, 0.2) is 0 Å². The molecule has 12 heavy (non-hydrogen) atoms. The zero-order chi connectivity index (χ0) is 9.14. The first-order chi connectivity index (χ1) is 5.66. The Morgan fingerprint density at radius 3 is 2.50 bits per heavy atom. The van der Waals surface area contributed by atoms with Gasteiger partial charge >= 0.3 is 0 Å². The molecule has 0 aliphatic heterocycles. The molecule has 1 rings (SSSR count). The van der Waals surface area contributed by atoms with Crippen molar-refractivity contribution in [2.75, 3.05) is 5.73 Å². The predicted molar refractivity (Wildman–Crippen MR) is 50.6 cm³/mol. The Kier molecular flexibility index (Phi) is 2.95. The predicted octanol–water partition coefficient (Wildman–Crippen LogP) is 2.32. The Balaban J connectivity index is 3.22. The first-order valence-electron chi connectivity index (χ1n) is 3.32. The Morgan fingerprint density at radius 1 is 1.33 bits per heavy atom. The summed E-state index contributed by atoms with van der Waals surface area (Å²) in [7, 11) is 0. The monoisotopic (exact) mass is 203 g/mol. The molecule has 0 spiro atoms. The van der Waals surface area contributed by atoms with Crippen molar-refractivity contribution in [3.63, 3.8) is 0 Å². The highest BCUT2D eigenvalue weighted by Gasteiger charge is 2.06. The van der Waals surface area contributed by atoms with Gasteiger partial charge in [0.2, 0.25) is 0 Å². The number of carbonyl (C=O) groups is 1. The lowest BCUT2D eigenvalue weighted by molar-refractivity contribution is -0.107. The lowest BCUT2D eigenvalue weighted by Gasteiger charge is -2.05. The van der Waals surface area contributed by atoms with Crippen molar-refractivity contribution in [3.05, 3.63) is 27.7 Å². The van der Waals surface area contributed by atoms with Crippen LogP contribution in [0.4, 0.5) is 5.69 Å². The molecule has 0 radical (unpaired) electrons. The van der Waals surface area contributed by atoms with E-state index in [4.69, 9.17) is 28.9 Å². The number of rotatable bonds is 2. The molecule has 0 saturated carbocycles. The van der Waals surface area contributed by atoms with Crippen molar-refractivity contribution in [2.24, 2.45) is 0 Å². The highest BCUT2D eigenvalue weighted by Crippen LogP contribution is 2.28. The Bertz CT molecular complexity index is 312. The quantitative estimate of drug-likeness (QED) is 0.593. The third kappa shape index (κ3) is 1.71. The molecule has 0 atom stereocenters. The number of nitrogens with two attached hydrogens (primary N) is 1. The molecule has 4 heteroatoms. The fourth-order valence-electron chi connectivity index (χ4n) is 0.900. The molecule has 0 aliphatic carbocycles. The van der Waals surface area contributed by atoms with Gasteiger partial charge < -0.3 is 10.5 Å². The molecule has 1 aromatic carbocycles. The summed E-state index contributed by atoms with van der Waals surface area (Å²) in [6, 6.07) is 3.23. The number of anilines is 1. The molecule has 0 unspecified atom stereocenters. The van der Waals surface area contributed by atoms with Gasteiger partial charge in [0.25, 0.3) is 0 Å². The summed E-state index contributed by atoms with van der Waals surface area (Å²) in [4.78, 5) is 10.2. The van der Waals surface area contributed by atoms with Crippen LogP contribution in [0, 0.1) is 0 Å². The van der Waals surface area contributed by atoms with Crippen LogP contribution >= 0.6 is 23.2 Å². The van der Waals surface area contributed by atoms with Crippen molar-refractivity contribution >= 4 is 35.2 Å². The minimum Gasteiger partial charge on any atom is -0.397 e. The molecule has 64 valence electrons. The van der Waals surface area contributed by atoms with E-state index in [0.717, 1.165) is 6.29 Å². The van der Waals surface area contributed by atoms with Gasteiger partial charge in [-0.25, -0.2) is 0 Å². The van der Waals surface area contributed by atoms with Gasteiger partial charge in [-0.3, -0.25) is 0 Å². The number of nitrogen functional groups attached to an aromatic ring is 1. The second-order valence-corrected chi connectivity index (χ2v) is 3.11. The summed E-state index contributed by atoms with van der Waals surface area (Å²) in [6.45, 7) is 0. The number of hydrogen-bond acceptors (Lipinski definition) is 2. The summed E-state index contributed by atoms with van der Waals surface area (Å²) >= 11 is 11.5. The standard InChI is InChI=1S/C8H7Cl2NO/c9-6-1-2-7(10)8(11)5(6)3-4-12/h1-2,4H,3,11H2. The van der Waals surface area contributed by atoms with E-state index in [1.165, 1.54) is 0 Å². The van der Waals surface area contributed by atoms with Crippen molar-refractivity contribution < 1.29 is 4.79 Å². The number of aldehydes is 1. The minimum atomic E-state index is 0.200. The number of benzene rings is 1. The molecular formula is C8H7Cl2NO. The van der Waals surface area contributed by atoms with E-state index in [1.54, 1.807) is 12.1 Å². The van der Waals surface area contributed by atoms with Crippen molar-refractivity contribution in [2.45, 2.75) is 6.42 Å². The van der Waals surface area contributed by atoms with E-state index in [1.807, 2.05) is 0 Å².